The second kappa shape index (κ2) is 3.49. The molecule has 2 rings (SSSR count). The maximum atomic E-state index is 10.0. The number of hydrogen-bond acceptors (Lipinski definition) is 2. The van der Waals surface area contributed by atoms with Gasteiger partial charge in [-0.25, -0.2) is 0 Å². The summed E-state index contributed by atoms with van der Waals surface area (Å²) in [6, 6.07) is 3.99. The smallest absolute Gasteiger partial charge is 0.119 e. The molecule has 1 fully saturated rings. The zero-order valence-corrected chi connectivity index (χ0v) is 10.5. The molecular weight excluding hydrogens is 198 g/mol. The van der Waals surface area contributed by atoms with Crippen molar-refractivity contribution < 1.29 is 5.11 Å². The van der Waals surface area contributed by atoms with Crippen molar-refractivity contribution in [3.8, 4) is 5.75 Å². The zero-order chi connectivity index (χ0) is 12.1. The fraction of sp³-hybridized carbons (Fsp3) is 0.571. The van der Waals surface area contributed by atoms with E-state index < -0.39 is 0 Å². The minimum Gasteiger partial charge on any atom is -0.508 e. The van der Waals surface area contributed by atoms with Crippen molar-refractivity contribution in [2.75, 3.05) is 6.54 Å². The van der Waals surface area contributed by atoms with E-state index in [1.165, 1.54) is 5.56 Å². The average Bonchev–Trinajstić information content (AvgIpc) is 2.74. The van der Waals surface area contributed by atoms with Gasteiger partial charge in [0.25, 0.3) is 0 Å². The molecule has 88 valence electrons. The minimum absolute atomic E-state index is 0.230. The number of phenols is 1. The summed E-state index contributed by atoms with van der Waals surface area (Å²) in [7, 11) is 0. The van der Waals surface area contributed by atoms with Crippen LogP contribution in [0.5, 0.6) is 5.75 Å². The third kappa shape index (κ3) is 1.52. The number of rotatable bonds is 2. The number of benzene rings is 1. The first-order valence-corrected chi connectivity index (χ1v) is 5.89. The molecule has 0 radical (unpaired) electrons. The Morgan fingerprint density at radius 1 is 1.25 bits per heavy atom. The molecule has 1 aliphatic rings. The summed E-state index contributed by atoms with van der Waals surface area (Å²) in [5.74, 6) is 1.34. The molecule has 3 N–H and O–H groups in total. The van der Waals surface area contributed by atoms with E-state index in [1.807, 2.05) is 13.0 Å². The lowest BCUT2D eigenvalue weighted by atomic mass is 9.98. The van der Waals surface area contributed by atoms with Crippen LogP contribution in [0.4, 0.5) is 0 Å². The van der Waals surface area contributed by atoms with Crippen LogP contribution in [0.1, 0.15) is 36.5 Å². The highest BCUT2D eigenvalue weighted by atomic mass is 16.3. The van der Waals surface area contributed by atoms with Gasteiger partial charge in [0.05, 0.1) is 0 Å². The van der Waals surface area contributed by atoms with E-state index in [9.17, 15) is 5.11 Å². The molecule has 0 amide bonds. The van der Waals surface area contributed by atoms with Crippen molar-refractivity contribution in [2.45, 2.75) is 33.6 Å². The van der Waals surface area contributed by atoms with Crippen LogP contribution in [0.25, 0.3) is 0 Å². The molecule has 0 aromatic heterocycles. The largest absolute Gasteiger partial charge is 0.508 e. The molecule has 0 bridgehead atoms. The van der Waals surface area contributed by atoms with Gasteiger partial charge in [-0.2, -0.15) is 0 Å². The second-order valence-corrected chi connectivity index (χ2v) is 5.64. The van der Waals surface area contributed by atoms with Gasteiger partial charge in [-0.3, -0.25) is 0 Å². The molecule has 0 spiro atoms. The highest BCUT2D eigenvalue weighted by Crippen LogP contribution is 2.65. The fourth-order valence-electron chi connectivity index (χ4n) is 2.87. The van der Waals surface area contributed by atoms with E-state index in [0.29, 0.717) is 24.1 Å². The number of phenolic OH excluding ortho intramolecular Hbond substituents is 1. The molecule has 0 heterocycles. The Bertz CT molecular complexity index is 423. The topological polar surface area (TPSA) is 46.2 Å². The standard InChI is InChI=1S/C14H21NO/c1-8-5-10(12(16)6-9(8)2)13-11(7-15)14(13,3)4/h5-6,11,13,16H,7,15H2,1-4H3/t11-,13-/m0/s1. The first kappa shape index (κ1) is 11.5. The van der Waals surface area contributed by atoms with Crippen molar-refractivity contribution in [1.29, 1.82) is 0 Å². The number of aryl methyl sites for hydroxylation is 2. The molecular formula is C14H21NO. The van der Waals surface area contributed by atoms with Crippen LogP contribution in [0, 0.1) is 25.2 Å². The molecule has 0 saturated heterocycles. The Hall–Kier alpha value is -1.02. The quantitative estimate of drug-likeness (QED) is 0.803. The molecule has 2 heteroatoms. The molecule has 16 heavy (non-hydrogen) atoms. The summed E-state index contributed by atoms with van der Waals surface area (Å²) in [6.07, 6.45) is 0. The van der Waals surface area contributed by atoms with Gasteiger partial charge in [0.15, 0.2) is 0 Å². The highest BCUT2D eigenvalue weighted by molar-refractivity contribution is 5.47. The lowest BCUT2D eigenvalue weighted by Crippen LogP contribution is -2.05. The minimum atomic E-state index is 0.230. The van der Waals surface area contributed by atoms with E-state index >= 15 is 0 Å². The van der Waals surface area contributed by atoms with Gasteiger partial charge in [0, 0.05) is 0 Å². The molecule has 0 unspecified atom stereocenters. The summed E-state index contributed by atoms with van der Waals surface area (Å²) in [5, 5.41) is 10.0. The third-order valence-electron chi connectivity index (χ3n) is 4.28. The summed E-state index contributed by atoms with van der Waals surface area (Å²) in [6.45, 7) is 9.26. The van der Waals surface area contributed by atoms with Gasteiger partial charge in [0.1, 0.15) is 5.75 Å². The first-order chi connectivity index (χ1) is 7.39. The van der Waals surface area contributed by atoms with Gasteiger partial charge in [-0.05, 0) is 60.4 Å². The molecule has 1 aliphatic carbocycles. The van der Waals surface area contributed by atoms with E-state index in [-0.39, 0.29) is 5.41 Å². The van der Waals surface area contributed by atoms with Crippen LogP contribution >= 0.6 is 0 Å². The summed E-state index contributed by atoms with van der Waals surface area (Å²) < 4.78 is 0. The Morgan fingerprint density at radius 2 is 1.81 bits per heavy atom. The molecule has 1 aromatic rings. The van der Waals surface area contributed by atoms with E-state index in [0.717, 1.165) is 11.1 Å². The SMILES string of the molecule is Cc1cc(O)c([C@H]2[C@H](CN)C2(C)C)cc1C. The molecule has 0 aliphatic heterocycles. The highest BCUT2D eigenvalue weighted by Gasteiger charge is 2.58. The van der Waals surface area contributed by atoms with Crippen molar-refractivity contribution in [2.24, 2.45) is 17.1 Å². The maximum Gasteiger partial charge on any atom is 0.119 e. The number of hydrogen-bond donors (Lipinski definition) is 2. The monoisotopic (exact) mass is 219 g/mol. The van der Waals surface area contributed by atoms with Gasteiger partial charge in [0.2, 0.25) is 0 Å². The summed E-state index contributed by atoms with van der Waals surface area (Å²) in [4.78, 5) is 0. The van der Waals surface area contributed by atoms with Gasteiger partial charge in [-0.1, -0.05) is 19.9 Å². The van der Waals surface area contributed by atoms with Crippen LogP contribution in [0.15, 0.2) is 12.1 Å². The third-order valence-corrected chi connectivity index (χ3v) is 4.28. The summed E-state index contributed by atoms with van der Waals surface area (Å²) in [5.41, 5.74) is 9.46. The van der Waals surface area contributed by atoms with E-state index in [4.69, 9.17) is 5.73 Å². The fourth-order valence-corrected chi connectivity index (χ4v) is 2.87. The van der Waals surface area contributed by atoms with Gasteiger partial charge in [-0.15, -0.1) is 0 Å². The number of aromatic hydroxyl groups is 1. The first-order valence-electron chi connectivity index (χ1n) is 5.89. The Morgan fingerprint density at radius 3 is 2.31 bits per heavy atom. The van der Waals surface area contributed by atoms with Crippen LogP contribution < -0.4 is 5.73 Å². The lowest BCUT2D eigenvalue weighted by molar-refractivity contribution is 0.463. The lowest BCUT2D eigenvalue weighted by Gasteiger charge is -2.09. The van der Waals surface area contributed by atoms with Crippen molar-refractivity contribution in [3.63, 3.8) is 0 Å². The summed E-state index contributed by atoms with van der Waals surface area (Å²) >= 11 is 0. The van der Waals surface area contributed by atoms with E-state index in [2.05, 4.69) is 26.8 Å². The van der Waals surface area contributed by atoms with Crippen LogP contribution in [-0.2, 0) is 0 Å². The zero-order valence-electron chi connectivity index (χ0n) is 10.5. The van der Waals surface area contributed by atoms with Crippen LogP contribution in [0.2, 0.25) is 0 Å². The van der Waals surface area contributed by atoms with Crippen molar-refractivity contribution in [1.82, 2.24) is 0 Å². The molecule has 2 nitrogen and oxygen atoms in total. The Balaban J connectivity index is 2.40. The Kier molecular flexibility index (Phi) is 2.50. The molecule has 1 saturated carbocycles. The van der Waals surface area contributed by atoms with Crippen molar-refractivity contribution in [3.05, 3.63) is 28.8 Å². The predicted octanol–water partition coefficient (Wildman–Crippen LogP) is 2.71. The maximum absolute atomic E-state index is 10.0. The molecule has 1 aromatic carbocycles. The second-order valence-electron chi connectivity index (χ2n) is 5.64. The van der Waals surface area contributed by atoms with Crippen LogP contribution in [-0.4, -0.2) is 11.7 Å². The Labute approximate surface area is 97.5 Å². The van der Waals surface area contributed by atoms with Gasteiger partial charge < -0.3 is 10.8 Å². The predicted molar refractivity (Wildman–Crippen MR) is 66.6 cm³/mol. The molecule has 2 atom stereocenters. The van der Waals surface area contributed by atoms with Gasteiger partial charge >= 0.3 is 0 Å². The normalized spacial score (nSPS) is 26.8. The van der Waals surface area contributed by atoms with Crippen LogP contribution in [0.3, 0.4) is 0 Å². The average molecular weight is 219 g/mol. The van der Waals surface area contributed by atoms with Crippen molar-refractivity contribution >= 4 is 0 Å². The number of nitrogens with two attached hydrogens (primary N) is 1. The van der Waals surface area contributed by atoms with E-state index in [1.54, 1.807) is 0 Å².